The first-order valence-corrected chi connectivity index (χ1v) is 8.27. The Labute approximate surface area is 120 Å². The molecule has 0 saturated carbocycles. The number of thiophene rings is 1. The second-order valence-electron chi connectivity index (χ2n) is 4.64. The number of anilines is 1. The number of nitrogens with zero attached hydrogens (tertiary/aromatic N) is 2. The molecule has 3 nitrogen and oxygen atoms in total. The highest BCUT2D eigenvalue weighted by molar-refractivity contribution is 7.16. The number of aryl methyl sites for hydroxylation is 1. The molecule has 0 N–H and O–H groups in total. The molecule has 0 atom stereocenters. The number of carbonyl (C=O) groups excluding carboxylic acids is 1. The second-order valence-corrected chi connectivity index (χ2v) is 6.73. The summed E-state index contributed by atoms with van der Waals surface area (Å²) in [7, 11) is 0. The second kappa shape index (κ2) is 5.43. The van der Waals surface area contributed by atoms with Crippen molar-refractivity contribution in [2.75, 3.05) is 11.4 Å². The van der Waals surface area contributed by atoms with E-state index in [4.69, 9.17) is 0 Å². The normalized spacial score (nSPS) is 14.5. The van der Waals surface area contributed by atoms with Gasteiger partial charge in [-0.15, -0.1) is 22.7 Å². The van der Waals surface area contributed by atoms with Gasteiger partial charge < -0.3 is 4.90 Å². The Morgan fingerprint density at radius 3 is 3.00 bits per heavy atom. The van der Waals surface area contributed by atoms with E-state index in [1.807, 2.05) is 0 Å². The lowest BCUT2D eigenvalue weighted by Gasteiger charge is -2.18. The topological polar surface area (TPSA) is 33.2 Å². The van der Waals surface area contributed by atoms with Gasteiger partial charge in [0.2, 0.25) is 0 Å². The molecule has 100 valence electrons. The van der Waals surface area contributed by atoms with Crippen molar-refractivity contribution in [1.82, 2.24) is 4.98 Å². The summed E-state index contributed by atoms with van der Waals surface area (Å²) >= 11 is 3.46. The summed E-state index contributed by atoms with van der Waals surface area (Å²) in [6, 6.07) is 4.22. The molecule has 1 aliphatic rings. The molecule has 0 amide bonds. The minimum atomic E-state index is 0.218. The Bertz CT molecular complexity index is 574. The van der Waals surface area contributed by atoms with Crippen LogP contribution in [0.3, 0.4) is 0 Å². The summed E-state index contributed by atoms with van der Waals surface area (Å²) in [5.41, 5.74) is 0.732. The van der Waals surface area contributed by atoms with E-state index in [9.17, 15) is 4.79 Å². The van der Waals surface area contributed by atoms with Crippen molar-refractivity contribution in [3.63, 3.8) is 0 Å². The molecule has 0 aromatic carbocycles. The lowest BCUT2D eigenvalue weighted by molar-refractivity contribution is 0.0968. The number of ketones is 1. The number of aromatic nitrogens is 1. The lowest BCUT2D eigenvalue weighted by Crippen LogP contribution is -2.21. The summed E-state index contributed by atoms with van der Waals surface area (Å²) in [5.74, 6) is 0.218. The zero-order valence-corrected chi connectivity index (χ0v) is 12.5. The molecule has 5 heteroatoms. The van der Waals surface area contributed by atoms with Crippen molar-refractivity contribution in [3.8, 4) is 0 Å². The highest BCUT2D eigenvalue weighted by atomic mass is 32.1. The fourth-order valence-corrected chi connectivity index (χ4v) is 4.20. The largest absolute Gasteiger partial charge is 0.343 e. The standard InChI is InChI=1S/C14H16N2OS2/c1-2-16(9-10-5-4-8-18-10)14-15-13-11(17)6-3-7-12(13)19-14/h4-5,8H,2-3,6-7,9H2,1H3. The molecule has 2 heterocycles. The van der Waals surface area contributed by atoms with Crippen molar-refractivity contribution in [2.45, 2.75) is 32.7 Å². The molecule has 1 aliphatic carbocycles. The van der Waals surface area contributed by atoms with Gasteiger partial charge in [-0.2, -0.15) is 0 Å². The van der Waals surface area contributed by atoms with Crippen LogP contribution in [-0.2, 0) is 13.0 Å². The minimum Gasteiger partial charge on any atom is -0.343 e. The number of hydrogen-bond acceptors (Lipinski definition) is 5. The average molecular weight is 292 g/mol. The summed E-state index contributed by atoms with van der Waals surface area (Å²) < 4.78 is 0. The van der Waals surface area contributed by atoms with Gasteiger partial charge in [0.1, 0.15) is 5.69 Å². The zero-order valence-electron chi connectivity index (χ0n) is 10.9. The van der Waals surface area contributed by atoms with Gasteiger partial charge in [0.15, 0.2) is 10.9 Å². The molecule has 0 radical (unpaired) electrons. The van der Waals surface area contributed by atoms with E-state index < -0.39 is 0 Å². The van der Waals surface area contributed by atoms with Gasteiger partial charge in [0, 0.05) is 22.7 Å². The maximum atomic E-state index is 11.9. The maximum Gasteiger partial charge on any atom is 0.186 e. The molecule has 0 unspecified atom stereocenters. The molecular weight excluding hydrogens is 276 g/mol. The first-order chi connectivity index (χ1) is 9.28. The van der Waals surface area contributed by atoms with Gasteiger partial charge in [-0.3, -0.25) is 4.79 Å². The third-order valence-corrected chi connectivity index (χ3v) is 5.37. The Hall–Kier alpha value is -1.20. The number of carbonyl (C=O) groups is 1. The van der Waals surface area contributed by atoms with Crippen molar-refractivity contribution in [2.24, 2.45) is 0 Å². The van der Waals surface area contributed by atoms with Crippen molar-refractivity contribution >= 4 is 33.6 Å². The van der Waals surface area contributed by atoms with Gasteiger partial charge in [0.25, 0.3) is 0 Å². The maximum absolute atomic E-state index is 11.9. The number of hydrogen-bond donors (Lipinski definition) is 0. The molecule has 2 aromatic rings. The van der Waals surface area contributed by atoms with E-state index in [1.165, 1.54) is 9.75 Å². The van der Waals surface area contributed by atoms with E-state index in [-0.39, 0.29) is 5.78 Å². The van der Waals surface area contributed by atoms with Crippen LogP contribution >= 0.6 is 22.7 Å². The molecular formula is C14H16N2OS2. The van der Waals surface area contributed by atoms with Crippen LogP contribution in [0, 0.1) is 0 Å². The molecule has 0 bridgehead atoms. The van der Waals surface area contributed by atoms with Gasteiger partial charge in [-0.25, -0.2) is 4.98 Å². The van der Waals surface area contributed by atoms with Crippen LogP contribution in [-0.4, -0.2) is 17.3 Å². The van der Waals surface area contributed by atoms with Crippen LogP contribution in [0.5, 0.6) is 0 Å². The smallest absolute Gasteiger partial charge is 0.186 e. The highest BCUT2D eigenvalue weighted by Crippen LogP contribution is 2.32. The summed E-state index contributed by atoms with van der Waals surface area (Å²) in [6.45, 7) is 3.93. The monoisotopic (exact) mass is 292 g/mol. The van der Waals surface area contributed by atoms with Crippen LogP contribution in [0.25, 0.3) is 0 Å². The third-order valence-electron chi connectivity index (χ3n) is 3.34. The van der Waals surface area contributed by atoms with Crippen molar-refractivity contribution in [1.29, 1.82) is 0 Å². The summed E-state index contributed by atoms with van der Waals surface area (Å²) in [6.07, 6.45) is 2.65. The Morgan fingerprint density at radius 2 is 2.32 bits per heavy atom. The minimum absolute atomic E-state index is 0.218. The SMILES string of the molecule is CCN(Cc1cccs1)c1nc2c(s1)CCCC2=O. The van der Waals surface area contributed by atoms with Crippen LogP contribution in [0.15, 0.2) is 17.5 Å². The van der Waals surface area contributed by atoms with Gasteiger partial charge >= 0.3 is 0 Å². The van der Waals surface area contributed by atoms with Crippen LogP contribution in [0.4, 0.5) is 5.13 Å². The molecule has 0 fully saturated rings. The fraction of sp³-hybridized carbons (Fsp3) is 0.429. The molecule has 3 rings (SSSR count). The number of thiazole rings is 1. The first kappa shape index (κ1) is 12.8. The average Bonchev–Trinajstić information content (AvgIpc) is 3.05. The number of rotatable bonds is 4. The summed E-state index contributed by atoms with van der Waals surface area (Å²) in [5, 5.41) is 3.09. The van der Waals surface area contributed by atoms with Crippen LogP contribution in [0.1, 0.15) is 40.0 Å². The number of fused-ring (bicyclic) bond motifs is 1. The van der Waals surface area contributed by atoms with Gasteiger partial charge in [-0.05, 0) is 31.2 Å². The Morgan fingerprint density at radius 1 is 1.42 bits per heavy atom. The van der Waals surface area contributed by atoms with Gasteiger partial charge in [-0.1, -0.05) is 6.07 Å². The van der Waals surface area contributed by atoms with E-state index in [0.717, 1.165) is 36.8 Å². The molecule has 0 saturated heterocycles. The Balaban J connectivity index is 1.85. The fourth-order valence-electron chi connectivity index (χ4n) is 2.30. The van der Waals surface area contributed by atoms with Gasteiger partial charge in [0.05, 0.1) is 6.54 Å². The van der Waals surface area contributed by atoms with Crippen LogP contribution < -0.4 is 4.90 Å². The van der Waals surface area contributed by atoms with E-state index in [0.29, 0.717) is 6.42 Å². The molecule has 0 spiro atoms. The Kier molecular flexibility index (Phi) is 3.66. The zero-order chi connectivity index (χ0) is 13.2. The third kappa shape index (κ3) is 2.58. The van der Waals surface area contributed by atoms with Crippen molar-refractivity contribution < 1.29 is 4.79 Å². The highest BCUT2D eigenvalue weighted by Gasteiger charge is 2.24. The quantitative estimate of drug-likeness (QED) is 0.860. The lowest BCUT2D eigenvalue weighted by atomic mass is 10.0. The van der Waals surface area contributed by atoms with Crippen molar-refractivity contribution in [3.05, 3.63) is 33.0 Å². The predicted octanol–water partition coefficient (Wildman–Crippen LogP) is 3.75. The molecule has 2 aromatic heterocycles. The van der Waals surface area contributed by atoms with E-state index in [2.05, 4.69) is 34.3 Å². The predicted molar refractivity (Wildman–Crippen MR) is 80.4 cm³/mol. The molecule has 0 aliphatic heterocycles. The van der Waals surface area contributed by atoms with E-state index in [1.54, 1.807) is 22.7 Å². The molecule has 19 heavy (non-hydrogen) atoms. The first-order valence-electron chi connectivity index (χ1n) is 6.58. The van der Waals surface area contributed by atoms with E-state index >= 15 is 0 Å². The van der Waals surface area contributed by atoms with Crippen LogP contribution in [0.2, 0.25) is 0 Å². The number of Topliss-reactive ketones (excluding diaryl/α,β-unsaturated/α-hetero) is 1. The summed E-state index contributed by atoms with van der Waals surface area (Å²) in [4.78, 5) is 21.2.